The molecule has 0 aliphatic rings. The van der Waals surface area contributed by atoms with Crippen molar-refractivity contribution in [3.8, 4) is 11.5 Å². The van der Waals surface area contributed by atoms with Gasteiger partial charge in [-0.05, 0) is 43.7 Å². The average molecular weight is 348 g/mol. The highest BCUT2D eigenvalue weighted by atomic mass is 16.5. The molecule has 1 N–H and O–H groups in total. The van der Waals surface area contributed by atoms with Crippen molar-refractivity contribution in [1.82, 2.24) is 20.4 Å². The van der Waals surface area contributed by atoms with Crippen LogP contribution in [0.3, 0.4) is 0 Å². The monoisotopic (exact) mass is 348 g/mol. The predicted molar refractivity (Wildman–Crippen MR) is 94.4 cm³/mol. The molecule has 1 atom stereocenters. The second kappa shape index (κ2) is 6.44. The Hall–Kier alpha value is -3.48. The van der Waals surface area contributed by atoms with Crippen LogP contribution in [0.15, 0.2) is 57.9 Å². The minimum Gasteiger partial charge on any atom is -0.463 e. The number of hydrogen-bond acceptors (Lipinski definition) is 6. The van der Waals surface area contributed by atoms with Gasteiger partial charge in [-0.1, -0.05) is 11.2 Å². The fraction of sp³-hybridized carbons (Fsp3) is 0.158. The molecule has 130 valence electrons. The highest BCUT2D eigenvalue weighted by Gasteiger charge is 2.21. The summed E-state index contributed by atoms with van der Waals surface area (Å²) in [4.78, 5) is 21.5. The van der Waals surface area contributed by atoms with Gasteiger partial charge in [0.15, 0.2) is 5.76 Å². The molecule has 1 amide bonds. The van der Waals surface area contributed by atoms with E-state index >= 15 is 0 Å². The second-order valence-electron chi connectivity index (χ2n) is 5.96. The van der Waals surface area contributed by atoms with Crippen LogP contribution >= 0.6 is 0 Å². The third kappa shape index (κ3) is 2.83. The molecule has 0 fully saturated rings. The molecule has 0 radical (unpaired) electrons. The Bertz CT molecular complexity index is 1060. The second-order valence-corrected chi connectivity index (χ2v) is 5.96. The number of furan rings is 1. The van der Waals surface area contributed by atoms with Crippen LogP contribution in [0.25, 0.3) is 22.6 Å². The van der Waals surface area contributed by atoms with Gasteiger partial charge in [0.2, 0.25) is 0 Å². The molecule has 7 nitrogen and oxygen atoms in total. The number of amides is 1. The number of carbonyl (C=O) groups is 1. The van der Waals surface area contributed by atoms with Gasteiger partial charge in [0.25, 0.3) is 11.6 Å². The molecular formula is C19H16N4O3. The van der Waals surface area contributed by atoms with E-state index < -0.39 is 0 Å². The smallest absolute Gasteiger partial charge is 0.259 e. The number of nitrogens with one attached hydrogen (secondary N) is 1. The molecule has 4 aromatic heterocycles. The summed E-state index contributed by atoms with van der Waals surface area (Å²) >= 11 is 0. The summed E-state index contributed by atoms with van der Waals surface area (Å²) in [6.45, 7) is 3.68. The van der Waals surface area contributed by atoms with Crippen molar-refractivity contribution in [2.24, 2.45) is 0 Å². The van der Waals surface area contributed by atoms with E-state index in [1.54, 1.807) is 43.8 Å². The van der Waals surface area contributed by atoms with Gasteiger partial charge in [-0.25, -0.2) is 4.98 Å². The van der Waals surface area contributed by atoms with E-state index in [1.807, 2.05) is 19.1 Å². The van der Waals surface area contributed by atoms with Crippen LogP contribution in [0.5, 0.6) is 0 Å². The lowest BCUT2D eigenvalue weighted by Gasteiger charge is -2.14. The number of rotatable bonds is 4. The lowest BCUT2D eigenvalue weighted by atomic mass is 10.1. The van der Waals surface area contributed by atoms with E-state index in [4.69, 9.17) is 8.94 Å². The van der Waals surface area contributed by atoms with E-state index in [-0.39, 0.29) is 11.9 Å². The SMILES string of the molecule is Cc1noc2nc(-c3ccco3)cc(C(=O)NC(C)c3cccnc3)c12. The Morgan fingerprint density at radius 1 is 1.27 bits per heavy atom. The van der Waals surface area contributed by atoms with Crippen LogP contribution in [0.2, 0.25) is 0 Å². The van der Waals surface area contributed by atoms with E-state index in [0.29, 0.717) is 33.8 Å². The van der Waals surface area contributed by atoms with Crippen molar-refractivity contribution in [1.29, 1.82) is 0 Å². The van der Waals surface area contributed by atoms with Crippen LogP contribution in [0.1, 0.15) is 34.6 Å². The quantitative estimate of drug-likeness (QED) is 0.604. The zero-order chi connectivity index (χ0) is 18.1. The Morgan fingerprint density at radius 2 is 2.15 bits per heavy atom. The molecule has 1 unspecified atom stereocenters. The van der Waals surface area contributed by atoms with Crippen LogP contribution in [0.4, 0.5) is 0 Å². The van der Waals surface area contributed by atoms with Crippen molar-refractivity contribution in [3.05, 3.63) is 65.8 Å². The summed E-state index contributed by atoms with van der Waals surface area (Å²) in [5, 5.41) is 7.52. The number of hydrogen-bond donors (Lipinski definition) is 1. The van der Waals surface area contributed by atoms with Gasteiger partial charge < -0.3 is 14.3 Å². The number of pyridine rings is 2. The van der Waals surface area contributed by atoms with Gasteiger partial charge >= 0.3 is 0 Å². The van der Waals surface area contributed by atoms with E-state index in [9.17, 15) is 4.79 Å². The topological polar surface area (TPSA) is 94.0 Å². The fourth-order valence-corrected chi connectivity index (χ4v) is 2.81. The Kier molecular flexibility index (Phi) is 3.96. The van der Waals surface area contributed by atoms with E-state index in [2.05, 4.69) is 20.4 Å². The number of carbonyl (C=O) groups excluding carboxylic acids is 1. The lowest BCUT2D eigenvalue weighted by Crippen LogP contribution is -2.27. The Labute approximate surface area is 149 Å². The first kappa shape index (κ1) is 16.0. The minimum absolute atomic E-state index is 0.202. The van der Waals surface area contributed by atoms with Gasteiger partial charge in [0, 0.05) is 12.4 Å². The Balaban J connectivity index is 1.74. The number of nitrogens with zero attached hydrogens (tertiary/aromatic N) is 3. The van der Waals surface area contributed by atoms with Crippen LogP contribution in [-0.2, 0) is 0 Å². The molecule has 0 aromatic carbocycles. The van der Waals surface area contributed by atoms with Gasteiger partial charge in [-0.3, -0.25) is 9.78 Å². The first-order valence-corrected chi connectivity index (χ1v) is 8.15. The summed E-state index contributed by atoms with van der Waals surface area (Å²) < 4.78 is 10.7. The van der Waals surface area contributed by atoms with Crippen LogP contribution in [-0.4, -0.2) is 21.0 Å². The van der Waals surface area contributed by atoms with Gasteiger partial charge in [-0.15, -0.1) is 0 Å². The largest absolute Gasteiger partial charge is 0.463 e. The maximum Gasteiger partial charge on any atom is 0.259 e. The molecule has 7 heteroatoms. The number of aryl methyl sites for hydroxylation is 1. The molecule has 0 spiro atoms. The molecule has 0 bridgehead atoms. The summed E-state index contributed by atoms with van der Waals surface area (Å²) in [6.07, 6.45) is 4.98. The van der Waals surface area contributed by atoms with Crippen molar-refractivity contribution in [2.45, 2.75) is 19.9 Å². The standard InChI is InChI=1S/C19H16N4O3/c1-11(13-5-3-7-20-10-13)21-18(24)14-9-15(16-6-4-8-25-16)22-19-17(14)12(2)23-26-19/h3-11H,1-2H3,(H,21,24). The van der Waals surface area contributed by atoms with Gasteiger partial charge in [0.05, 0.1) is 28.9 Å². The zero-order valence-corrected chi connectivity index (χ0v) is 14.3. The highest BCUT2D eigenvalue weighted by Crippen LogP contribution is 2.27. The molecule has 0 aliphatic carbocycles. The fourth-order valence-electron chi connectivity index (χ4n) is 2.81. The van der Waals surface area contributed by atoms with Crippen molar-refractivity contribution in [2.75, 3.05) is 0 Å². The molecule has 0 saturated heterocycles. The Morgan fingerprint density at radius 3 is 2.88 bits per heavy atom. The summed E-state index contributed by atoms with van der Waals surface area (Å²) in [5.41, 5.74) is 2.78. The maximum atomic E-state index is 13.0. The molecule has 0 saturated carbocycles. The lowest BCUT2D eigenvalue weighted by molar-refractivity contribution is 0.0941. The van der Waals surface area contributed by atoms with Gasteiger partial charge in [0.1, 0.15) is 5.69 Å². The molecule has 0 aliphatic heterocycles. The first-order valence-electron chi connectivity index (χ1n) is 8.15. The maximum absolute atomic E-state index is 13.0. The van der Waals surface area contributed by atoms with Crippen LogP contribution < -0.4 is 5.32 Å². The molecule has 26 heavy (non-hydrogen) atoms. The van der Waals surface area contributed by atoms with Crippen LogP contribution in [0, 0.1) is 6.92 Å². The van der Waals surface area contributed by atoms with E-state index in [0.717, 1.165) is 5.56 Å². The van der Waals surface area contributed by atoms with Crippen molar-refractivity contribution in [3.63, 3.8) is 0 Å². The highest BCUT2D eigenvalue weighted by molar-refractivity contribution is 6.07. The van der Waals surface area contributed by atoms with E-state index in [1.165, 1.54) is 0 Å². The third-order valence-corrected chi connectivity index (χ3v) is 4.17. The zero-order valence-electron chi connectivity index (χ0n) is 14.3. The summed E-state index contributed by atoms with van der Waals surface area (Å²) in [6, 6.07) is 8.78. The summed E-state index contributed by atoms with van der Waals surface area (Å²) in [7, 11) is 0. The first-order chi connectivity index (χ1) is 12.6. The van der Waals surface area contributed by atoms with Gasteiger partial charge in [-0.2, -0.15) is 0 Å². The van der Waals surface area contributed by atoms with Crippen molar-refractivity contribution >= 4 is 17.0 Å². The summed E-state index contributed by atoms with van der Waals surface area (Å²) in [5.74, 6) is 0.308. The third-order valence-electron chi connectivity index (χ3n) is 4.17. The normalized spacial score (nSPS) is 12.2. The minimum atomic E-state index is -0.243. The average Bonchev–Trinajstić information content (AvgIpc) is 3.32. The predicted octanol–water partition coefficient (Wildman–Crippen LogP) is 3.68. The number of aromatic nitrogens is 3. The van der Waals surface area contributed by atoms with Crippen molar-refractivity contribution < 1.29 is 13.7 Å². The molecule has 4 heterocycles. The molecule has 4 rings (SSSR count). The molecule has 4 aromatic rings. The molecular weight excluding hydrogens is 332 g/mol. The number of fused-ring (bicyclic) bond motifs is 1.